The van der Waals surface area contributed by atoms with Gasteiger partial charge in [0.2, 0.25) is 0 Å². The lowest BCUT2D eigenvalue weighted by molar-refractivity contribution is 0.399. The molecule has 0 N–H and O–H groups in total. The predicted molar refractivity (Wildman–Crippen MR) is 42.1 cm³/mol. The molecule has 62 valence electrons. The summed E-state index contributed by atoms with van der Waals surface area (Å²) in [7, 11) is 0. The van der Waals surface area contributed by atoms with Crippen LogP contribution in [0.5, 0.6) is 0 Å². The van der Waals surface area contributed by atoms with Gasteiger partial charge in [-0.2, -0.15) is 0 Å². The minimum atomic E-state index is -0.778. The van der Waals surface area contributed by atoms with Gasteiger partial charge in [0, 0.05) is 11.8 Å². The Morgan fingerprint density at radius 3 is 2.09 bits per heavy atom. The van der Waals surface area contributed by atoms with Gasteiger partial charge in [-0.15, -0.1) is 12.3 Å². The highest BCUT2D eigenvalue weighted by Gasteiger charge is 2.16. The topological polar surface area (TPSA) is 0 Å². The number of hydrogen-bond donors (Lipinski definition) is 0. The van der Waals surface area contributed by atoms with Crippen LogP contribution in [0, 0.1) is 24.2 Å². The van der Waals surface area contributed by atoms with Crippen molar-refractivity contribution >= 4 is 0 Å². The summed E-state index contributed by atoms with van der Waals surface area (Å²) in [5.74, 6) is 0.0548. The second-order valence-corrected chi connectivity index (χ2v) is 2.63. The standard InChI is InChI=1S/C9H12F2/c1-5-6(2)7(3)9(11)8(4)10/h1,6-7H,2-4H3/b9-8-. The first-order valence-electron chi connectivity index (χ1n) is 3.48. The lowest BCUT2D eigenvalue weighted by Crippen LogP contribution is -2.06. The Morgan fingerprint density at radius 1 is 1.36 bits per heavy atom. The number of terminal acetylenes is 1. The molecule has 0 aliphatic rings. The molecule has 2 unspecified atom stereocenters. The Kier molecular flexibility index (Phi) is 3.81. The molecular weight excluding hydrogens is 146 g/mol. The first kappa shape index (κ1) is 10.2. The molecule has 0 rings (SSSR count). The van der Waals surface area contributed by atoms with E-state index < -0.39 is 17.6 Å². The Balaban J connectivity index is 4.40. The Hall–Kier alpha value is -0.840. The monoisotopic (exact) mass is 158 g/mol. The summed E-state index contributed by atoms with van der Waals surface area (Å²) in [5, 5.41) is 0. The SMILES string of the molecule is C#CC(C)C(C)/C(F)=C(\C)F. The molecule has 0 aliphatic carbocycles. The molecule has 0 aromatic rings. The van der Waals surface area contributed by atoms with Crippen molar-refractivity contribution in [3.63, 3.8) is 0 Å². The van der Waals surface area contributed by atoms with Crippen LogP contribution in [0.2, 0.25) is 0 Å². The highest BCUT2D eigenvalue weighted by Crippen LogP contribution is 2.23. The highest BCUT2D eigenvalue weighted by molar-refractivity contribution is 5.07. The lowest BCUT2D eigenvalue weighted by atomic mass is 9.95. The smallest absolute Gasteiger partial charge is 0.135 e. The summed E-state index contributed by atoms with van der Waals surface area (Å²) in [6.45, 7) is 4.35. The highest BCUT2D eigenvalue weighted by atomic mass is 19.2. The van der Waals surface area contributed by atoms with Crippen molar-refractivity contribution in [2.75, 3.05) is 0 Å². The average molecular weight is 158 g/mol. The van der Waals surface area contributed by atoms with Crippen LogP contribution in [0.3, 0.4) is 0 Å². The first-order valence-corrected chi connectivity index (χ1v) is 3.48. The zero-order valence-corrected chi connectivity index (χ0v) is 6.99. The largest absolute Gasteiger partial charge is 0.209 e. The maximum atomic E-state index is 12.8. The molecule has 0 amide bonds. The Bertz CT molecular complexity index is 194. The molecule has 0 heterocycles. The fourth-order valence-corrected chi connectivity index (χ4v) is 0.678. The predicted octanol–water partition coefficient (Wildman–Crippen LogP) is 3.06. The first-order chi connectivity index (χ1) is 5.00. The van der Waals surface area contributed by atoms with Gasteiger partial charge in [-0.3, -0.25) is 0 Å². The summed E-state index contributed by atoms with van der Waals surface area (Å²) in [6, 6.07) is 0. The molecular formula is C9H12F2. The number of allylic oxidation sites excluding steroid dienone is 2. The summed E-state index contributed by atoms with van der Waals surface area (Å²) in [5.41, 5.74) is 0. The summed E-state index contributed by atoms with van der Waals surface area (Å²) in [4.78, 5) is 0. The van der Waals surface area contributed by atoms with Crippen LogP contribution in [0.4, 0.5) is 8.78 Å². The summed E-state index contributed by atoms with van der Waals surface area (Å²) in [6.07, 6.45) is 5.05. The molecule has 11 heavy (non-hydrogen) atoms. The van der Waals surface area contributed by atoms with Crippen molar-refractivity contribution in [2.24, 2.45) is 11.8 Å². The normalized spacial score (nSPS) is 18.2. The lowest BCUT2D eigenvalue weighted by Gasteiger charge is -2.11. The van der Waals surface area contributed by atoms with Crippen LogP contribution < -0.4 is 0 Å². The second-order valence-electron chi connectivity index (χ2n) is 2.63. The zero-order chi connectivity index (χ0) is 9.02. The van der Waals surface area contributed by atoms with E-state index in [1.54, 1.807) is 13.8 Å². The van der Waals surface area contributed by atoms with Crippen molar-refractivity contribution in [3.8, 4) is 12.3 Å². The number of hydrogen-bond acceptors (Lipinski definition) is 0. The van der Waals surface area contributed by atoms with E-state index in [0.717, 1.165) is 6.92 Å². The molecule has 0 spiro atoms. The van der Waals surface area contributed by atoms with Gasteiger partial charge < -0.3 is 0 Å². The van der Waals surface area contributed by atoms with Crippen LogP contribution in [0.15, 0.2) is 11.7 Å². The molecule has 0 bridgehead atoms. The molecule has 0 aromatic heterocycles. The molecule has 0 aromatic carbocycles. The Labute approximate surface area is 66.3 Å². The van der Waals surface area contributed by atoms with Crippen molar-refractivity contribution in [1.82, 2.24) is 0 Å². The number of halogens is 2. The third-order valence-corrected chi connectivity index (χ3v) is 1.74. The summed E-state index contributed by atoms with van der Waals surface area (Å²) < 4.78 is 25.0. The van der Waals surface area contributed by atoms with Gasteiger partial charge in [0.05, 0.1) is 0 Å². The number of rotatable bonds is 2. The Morgan fingerprint density at radius 2 is 1.82 bits per heavy atom. The molecule has 0 aliphatic heterocycles. The zero-order valence-electron chi connectivity index (χ0n) is 6.99. The quantitative estimate of drug-likeness (QED) is 0.542. The second kappa shape index (κ2) is 4.12. The molecule has 0 radical (unpaired) electrons. The van der Waals surface area contributed by atoms with E-state index >= 15 is 0 Å². The van der Waals surface area contributed by atoms with E-state index in [9.17, 15) is 8.78 Å². The van der Waals surface area contributed by atoms with Gasteiger partial charge in [-0.1, -0.05) is 13.8 Å². The van der Waals surface area contributed by atoms with E-state index in [1.165, 1.54) is 0 Å². The maximum absolute atomic E-state index is 12.8. The molecule has 2 heteroatoms. The van der Waals surface area contributed by atoms with E-state index in [0.29, 0.717) is 0 Å². The molecule has 0 nitrogen and oxygen atoms in total. The fourth-order valence-electron chi connectivity index (χ4n) is 0.678. The minimum absolute atomic E-state index is 0.263. The van der Waals surface area contributed by atoms with Crippen LogP contribution in [0.1, 0.15) is 20.8 Å². The maximum Gasteiger partial charge on any atom is 0.135 e. The minimum Gasteiger partial charge on any atom is -0.209 e. The van der Waals surface area contributed by atoms with Gasteiger partial charge >= 0.3 is 0 Å². The van der Waals surface area contributed by atoms with Gasteiger partial charge in [-0.05, 0) is 6.92 Å². The fraction of sp³-hybridized carbons (Fsp3) is 0.556. The van der Waals surface area contributed by atoms with E-state index in [2.05, 4.69) is 5.92 Å². The molecule has 0 fully saturated rings. The van der Waals surface area contributed by atoms with E-state index in [-0.39, 0.29) is 5.92 Å². The van der Waals surface area contributed by atoms with Gasteiger partial charge in [0.1, 0.15) is 11.7 Å². The molecule has 2 atom stereocenters. The van der Waals surface area contributed by atoms with E-state index in [1.807, 2.05) is 0 Å². The van der Waals surface area contributed by atoms with Gasteiger partial charge in [0.25, 0.3) is 0 Å². The van der Waals surface area contributed by atoms with Crippen LogP contribution >= 0.6 is 0 Å². The van der Waals surface area contributed by atoms with E-state index in [4.69, 9.17) is 6.42 Å². The van der Waals surface area contributed by atoms with Crippen LogP contribution in [-0.2, 0) is 0 Å². The van der Waals surface area contributed by atoms with Crippen molar-refractivity contribution in [3.05, 3.63) is 11.7 Å². The van der Waals surface area contributed by atoms with Crippen LogP contribution in [0.25, 0.3) is 0 Å². The third-order valence-electron chi connectivity index (χ3n) is 1.74. The molecule has 0 saturated carbocycles. The van der Waals surface area contributed by atoms with Crippen molar-refractivity contribution < 1.29 is 8.78 Å². The van der Waals surface area contributed by atoms with Gasteiger partial charge in [0.15, 0.2) is 0 Å². The van der Waals surface area contributed by atoms with Crippen molar-refractivity contribution in [1.29, 1.82) is 0 Å². The van der Waals surface area contributed by atoms with Gasteiger partial charge in [-0.25, -0.2) is 8.78 Å². The van der Waals surface area contributed by atoms with Crippen LogP contribution in [-0.4, -0.2) is 0 Å². The molecule has 0 saturated heterocycles. The average Bonchev–Trinajstić information content (AvgIpc) is 2.00. The third kappa shape index (κ3) is 2.71. The summed E-state index contributed by atoms with van der Waals surface area (Å²) >= 11 is 0. The van der Waals surface area contributed by atoms with Crippen molar-refractivity contribution in [2.45, 2.75) is 20.8 Å².